The summed E-state index contributed by atoms with van der Waals surface area (Å²) < 4.78 is 0. The third-order valence-electron chi connectivity index (χ3n) is 5.69. The predicted molar refractivity (Wildman–Crippen MR) is 106 cm³/mol. The van der Waals surface area contributed by atoms with Crippen LogP contribution in [-0.4, -0.2) is 59.9 Å². The van der Waals surface area contributed by atoms with Crippen LogP contribution in [0.15, 0.2) is 42.5 Å². The van der Waals surface area contributed by atoms with E-state index in [1.54, 1.807) is 0 Å². The number of carbonyl (C=O) groups excluding carboxylic acids is 2. The molecule has 2 aromatic rings. The van der Waals surface area contributed by atoms with E-state index in [-0.39, 0.29) is 17.9 Å². The van der Waals surface area contributed by atoms with Gasteiger partial charge in [-0.15, -0.1) is 0 Å². The Morgan fingerprint density at radius 2 is 1.74 bits per heavy atom. The summed E-state index contributed by atoms with van der Waals surface area (Å²) in [7, 11) is 0. The molecule has 2 aliphatic rings. The maximum absolute atomic E-state index is 12.7. The summed E-state index contributed by atoms with van der Waals surface area (Å²) in [6.07, 6.45) is 2.65. The number of nitrogens with zero attached hydrogens (tertiary/aromatic N) is 2. The molecule has 1 unspecified atom stereocenters. The minimum absolute atomic E-state index is 0.119. The summed E-state index contributed by atoms with van der Waals surface area (Å²) in [6, 6.07) is 14.7. The summed E-state index contributed by atoms with van der Waals surface area (Å²) in [5.41, 5.74) is 1.05. The SMILES string of the molecule is CC(C(=O)NC1CC1)N1CCN(C(=O)Cc2ccc3ccccc3c2)CC1. The maximum Gasteiger partial charge on any atom is 0.237 e. The van der Waals surface area contributed by atoms with E-state index < -0.39 is 0 Å². The standard InChI is InChI=1S/C22H27N3O2/c1-16(22(27)23-20-8-9-20)24-10-12-25(13-11-24)21(26)15-17-6-7-18-4-2-3-5-19(18)14-17/h2-7,14,16,20H,8-13,15H2,1H3,(H,23,27). The molecule has 5 nitrogen and oxygen atoms in total. The first-order valence-corrected chi connectivity index (χ1v) is 9.90. The van der Waals surface area contributed by atoms with Crippen LogP contribution < -0.4 is 5.32 Å². The van der Waals surface area contributed by atoms with Crippen LogP contribution in [0.2, 0.25) is 0 Å². The quantitative estimate of drug-likeness (QED) is 0.884. The predicted octanol–water partition coefficient (Wildman–Crippen LogP) is 2.19. The van der Waals surface area contributed by atoms with Gasteiger partial charge in [0, 0.05) is 32.2 Å². The van der Waals surface area contributed by atoms with Gasteiger partial charge in [-0.05, 0) is 36.1 Å². The number of fused-ring (bicyclic) bond motifs is 1. The van der Waals surface area contributed by atoms with Crippen molar-refractivity contribution in [2.45, 2.75) is 38.3 Å². The van der Waals surface area contributed by atoms with Crippen molar-refractivity contribution in [3.05, 3.63) is 48.0 Å². The fourth-order valence-corrected chi connectivity index (χ4v) is 3.71. The molecule has 2 amide bonds. The zero-order chi connectivity index (χ0) is 18.8. The molecule has 0 aromatic heterocycles. The lowest BCUT2D eigenvalue weighted by molar-refractivity contribution is -0.133. The van der Waals surface area contributed by atoms with Gasteiger partial charge in [0.1, 0.15) is 0 Å². The van der Waals surface area contributed by atoms with Crippen molar-refractivity contribution in [3.8, 4) is 0 Å². The normalized spacial score (nSPS) is 19.1. The van der Waals surface area contributed by atoms with E-state index in [0.717, 1.165) is 31.5 Å². The third kappa shape index (κ3) is 4.30. The highest BCUT2D eigenvalue weighted by Gasteiger charge is 2.30. The van der Waals surface area contributed by atoms with Gasteiger partial charge in [-0.1, -0.05) is 42.5 Å². The molecule has 1 atom stereocenters. The second-order valence-electron chi connectivity index (χ2n) is 7.73. The van der Waals surface area contributed by atoms with Crippen LogP contribution in [-0.2, 0) is 16.0 Å². The molecule has 1 saturated heterocycles. The molecule has 1 aliphatic heterocycles. The van der Waals surface area contributed by atoms with Gasteiger partial charge in [0.2, 0.25) is 11.8 Å². The van der Waals surface area contributed by atoms with Crippen LogP contribution in [0, 0.1) is 0 Å². The molecule has 1 heterocycles. The molecule has 5 heteroatoms. The van der Waals surface area contributed by atoms with Crippen LogP contribution in [0.3, 0.4) is 0 Å². The van der Waals surface area contributed by atoms with E-state index in [2.05, 4.69) is 34.5 Å². The van der Waals surface area contributed by atoms with Crippen molar-refractivity contribution >= 4 is 22.6 Å². The van der Waals surface area contributed by atoms with Crippen LogP contribution in [0.25, 0.3) is 10.8 Å². The van der Waals surface area contributed by atoms with Gasteiger partial charge in [0.05, 0.1) is 12.5 Å². The van der Waals surface area contributed by atoms with Gasteiger partial charge in [-0.25, -0.2) is 0 Å². The minimum atomic E-state index is -0.122. The summed E-state index contributed by atoms with van der Waals surface area (Å²) in [4.78, 5) is 29.0. The molecule has 1 aliphatic carbocycles. The number of hydrogen-bond acceptors (Lipinski definition) is 3. The highest BCUT2D eigenvalue weighted by atomic mass is 16.2. The molecule has 1 N–H and O–H groups in total. The first-order chi connectivity index (χ1) is 13.1. The smallest absolute Gasteiger partial charge is 0.237 e. The number of rotatable bonds is 5. The summed E-state index contributed by atoms with van der Waals surface area (Å²) in [5, 5.41) is 5.44. The number of carbonyl (C=O) groups is 2. The largest absolute Gasteiger partial charge is 0.352 e. The zero-order valence-corrected chi connectivity index (χ0v) is 15.9. The number of hydrogen-bond donors (Lipinski definition) is 1. The molecule has 142 valence electrons. The fourth-order valence-electron chi connectivity index (χ4n) is 3.71. The molecule has 0 bridgehead atoms. The third-order valence-corrected chi connectivity index (χ3v) is 5.69. The fraction of sp³-hybridized carbons (Fsp3) is 0.455. The highest BCUT2D eigenvalue weighted by molar-refractivity contribution is 5.85. The summed E-state index contributed by atoms with van der Waals surface area (Å²) in [6.45, 7) is 4.84. The Labute approximate surface area is 160 Å². The van der Waals surface area contributed by atoms with Crippen molar-refractivity contribution in [2.24, 2.45) is 0 Å². The lowest BCUT2D eigenvalue weighted by atomic mass is 10.0. The van der Waals surface area contributed by atoms with Gasteiger partial charge in [0.25, 0.3) is 0 Å². The molecule has 2 fully saturated rings. The Kier molecular flexibility index (Phi) is 5.12. The lowest BCUT2D eigenvalue weighted by Crippen LogP contribution is -2.55. The number of nitrogens with one attached hydrogen (secondary N) is 1. The van der Waals surface area contributed by atoms with Crippen molar-refractivity contribution in [2.75, 3.05) is 26.2 Å². The Balaban J connectivity index is 1.30. The summed E-state index contributed by atoms with van der Waals surface area (Å²) >= 11 is 0. The van der Waals surface area contributed by atoms with Crippen LogP contribution in [0.1, 0.15) is 25.3 Å². The van der Waals surface area contributed by atoms with Gasteiger partial charge < -0.3 is 10.2 Å². The maximum atomic E-state index is 12.7. The van der Waals surface area contributed by atoms with Crippen LogP contribution in [0.4, 0.5) is 0 Å². The van der Waals surface area contributed by atoms with Crippen molar-refractivity contribution in [3.63, 3.8) is 0 Å². The number of piperazine rings is 1. The molecule has 4 rings (SSSR count). The minimum Gasteiger partial charge on any atom is -0.352 e. The molecule has 2 aromatic carbocycles. The Morgan fingerprint density at radius 1 is 1.04 bits per heavy atom. The average molecular weight is 365 g/mol. The highest BCUT2D eigenvalue weighted by Crippen LogP contribution is 2.20. The first-order valence-electron chi connectivity index (χ1n) is 9.90. The van der Waals surface area contributed by atoms with Crippen LogP contribution in [0.5, 0.6) is 0 Å². The van der Waals surface area contributed by atoms with E-state index in [9.17, 15) is 9.59 Å². The Morgan fingerprint density at radius 3 is 2.44 bits per heavy atom. The summed E-state index contributed by atoms with van der Waals surface area (Å²) in [5.74, 6) is 0.286. The first kappa shape index (κ1) is 18.0. The zero-order valence-electron chi connectivity index (χ0n) is 15.9. The second kappa shape index (κ2) is 7.69. The lowest BCUT2D eigenvalue weighted by Gasteiger charge is -2.37. The van der Waals surface area contributed by atoms with E-state index in [4.69, 9.17) is 0 Å². The van der Waals surface area contributed by atoms with E-state index in [1.807, 2.05) is 30.0 Å². The van der Waals surface area contributed by atoms with Crippen LogP contribution >= 0.6 is 0 Å². The van der Waals surface area contributed by atoms with E-state index in [1.165, 1.54) is 10.8 Å². The van der Waals surface area contributed by atoms with Crippen molar-refractivity contribution in [1.82, 2.24) is 15.1 Å². The van der Waals surface area contributed by atoms with Gasteiger partial charge in [-0.3, -0.25) is 14.5 Å². The van der Waals surface area contributed by atoms with E-state index in [0.29, 0.717) is 25.6 Å². The topological polar surface area (TPSA) is 52.7 Å². The molecular weight excluding hydrogens is 338 g/mol. The Hall–Kier alpha value is -2.40. The van der Waals surface area contributed by atoms with E-state index >= 15 is 0 Å². The van der Waals surface area contributed by atoms with Gasteiger partial charge >= 0.3 is 0 Å². The molecular formula is C22H27N3O2. The number of benzene rings is 2. The van der Waals surface area contributed by atoms with Crippen molar-refractivity contribution in [1.29, 1.82) is 0 Å². The number of amides is 2. The van der Waals surface area contributed by atoms with Gasteiger partial charge in [0.15, 0.2) is 0 Å². The van der Waals surface area contributed by atoms with Crippen molar-refractivity contribution < 1.29 is 9.59 Å². The molecule has 27 heavy (non-hydrogen) atoms. The molecule has 0 spiro atoms. The molecule has 0 radical (unpaired) electrons. The molecule has 1 saturated carbocycles. The monoisotopic (exact) mass is 365 g/mol. The van der Waals surface area contributed by atoms with Gasteiger partial charge in [-0.2, -0.15) is 0 Å². The second-order valence-corrected chi connectivity index (χ2v) is 7.73. The Bertz CT molecular complexity index is 838. The average Bonchev–Trinajstić information content (AvgIpc) is 3.51.